The summed E-state index contributed by atoms with van der Waals surface area (Å²) < 4.78 is 22.6. The fraction of sp³-hybridized carbons (Fsp3) is 1.00. The van der Waals surface area contributed by atoms with Crippen molar-refractivity contribution in [2.45, 2.75) is 0 Å². The summed E-state index contributed by atoms with van der Waals surface area (Å²) in [4.78, 5) is 0. The molecule has 0 amide bonds. The van der Waals surface area contributed by atoms with E-state index in [2.05, 4.69) is 5.32 Å². The van der Waals surface area contributed by atoms with Gasteiger partial charge < -0.3 is 5.32 Å². The molecule has 3 aliphatic rings. The summed E-state index contributed by atoms with van der Waals surface area (Å²) >= 11 is 0. The van der Waals surface area contributed by atoms with E-state index in [0.717, 1.165) is 13.1 Å². The van der Waals surface area contributed by atoms with Crippen molar-refractivity contribution in [3.05, 3.63) is 0 Å². The van der Waals surface area contributed by atoms with E-state index in [1.165, 1.54) is 0 Å². The molecule has 2 saturated heterocycles. The van der Waals surface area contributed by atoms with Gasteiger partial charge in [-0.15, -0.1) is 0 Å². The zero-order valence-electron chi connectivity index (χ0n) is 6.86. The summed E-state index contributed by atoms with van der Waals surface area (Å²) in [5.41, 5.74) is 0. The zero-order valence-corrected chi connectivity index (χ0v) is 7.68. The average molecular weight is 187 g/mol. The fourth-order valence-corrected chi connectivity index (χ4v) is 5.59. The van der Waals surface area contributed by atoms with Gasteiger partial charge in [0.2, 0.25) is 0 Å². The van der Waals surface area contributed by atoms with Gasteiger partial charge in [-0.1, -0.05) is 0 Å². The largest absolute Gasteiger partial charge is 0.316 e. The van der Waals surface area contributed by atoms with E-state index in [4.69, 9.17) is 0 Å². The highest BCUT2D eigenvalue weighted by Gasteiger charge is 2.58. The van der Waals surface area contributed by atoms with Crippen LogP contribution in [-0.2, 0) is 9.84 Å². The standard InChI is InChI=1S/C8H13NO2S/c10-12(11)3-7-5-1-9-2-6(5)8(7)4-12/h5-9H,1-4H2/t5-,6-,7-,8+/m0/s1. The van der Waals surface area contributed by atoms with Crippen molar-refractivity contribution in [2.75, 3.05) is 24.6 Å². The number of sulfone groups is 1. The monoisotopic (exact) mass is 187 g/mol. The van der Waals surface area contributed by atoms with Crippen LogP contribution in [0.25, 0.3) is 0 Å². The third kappa shape index (κ3) is 0.773. The third-order valence-electron chi connectivity index (χ3n) is 3.85. The summed E-state index contributed by atoms with van der Waals surface area (Å²) in [5.74, 6) is 3.34. The highest BCUT2D eigenvalue weighted by atomic mass is 32.2. The summed E-state index contributed by atoms with van der Waals surface area (Å²) in [5, 5.41) is 3.35. The van der Waals surface area contributed by atoms with Crippen LogP contribution in [0.15, 0.2) is 0 Å². The van der Waals surface area contributed by atoms with Crippen molar-refractivity contribution < 1.29 is 8.42 Å². The van der Waals surface area contributed by atoms with Crippen LogP contribution in [0, 0.1) is 23.7 Å². The Balaban J connectivity index is 1.90. The van der Waals surface area contributed by atoms with Crippen LogP contribution in [0.2, 0.25) is 0 Å². The Kier molecular flexibility index (Phi) is 1.25. The van der Waals surface area contributed by atoms with E-state index in [0.29, 0.717) is 35.2 Å². The second-order valence-corrected chi connectivity index (χ2v) is 6.54. The Morgan fingerprint density at radius 2 is 1.42 bits per heavy atom. The lowest BCUT2D eigenvalue weighted by molar-refractivity contribution is 0.0629. The molecule has 0 unspecified atom stereocenters. The van der Waals surface area contributed by atoms with E-state index in [9.17, 15) is 8.42 Å². The van der Waals surface area contributed by atoms with Crippen LogP contribution < -0.4 is 5.32 Å². The third-order valence-corrected chi connectivity index (χ3v) is 5.64. The van der Waals surface area contributed by atoms with Crippen molar-refractivity contribution in [2.24, 2.45) is 23.7 Å². The quantitative estimate of drug-likeness (QED) is 0.556. The summed E-state index contributed by atoms with van der Waals surface area (Å²) in [6.45, 7) is 2.11. The predicted molar refractivity (Wildman–Crippen MR) is 45.5 cm³/mol. The van der Waals surface area contributed by atoms with Crippen LogP contribution in [0.1, 0.15) is 0 Å². The smallest absolute Gasteiger partial charge is 0.150 e. The van der Waals surface area contributed by atoms with E-state index in [1.807, 2.05) is 0 Å². The molecule has 1 N–H and O–H groups in total. The molecule has 3 nitrogen and oxygen atoms in total. The Morgan fingerprint density at radius 3 is 1.92 bits per heavy atom. The molecule has 0 aromatic rings. The van der Waals surface area contributed by atoms with Crippen molar-refractivity contribution in [1.29, 1.82) is 0 Å². The first-order valence-corrected chi connectivity index (χ1v) is 6.41. The maximum Gasteiger partial charge on any atom is 0.150 e. The van der Waals surface area contributed by atoms with Crippen molar-refractivity contribution >= 4 is 9.84 Å². The first-order chi connectivity index (χ1) is 5.67. The molecule has 2 heterocycles. The lowest BCUT2D eigenvalue weighted by Gasteiger charge is -2.43. The first kappa shape index (κ1) is 7.33. The molecule has 1 aliphatic carbocycles. The molecule has 3 fully saturated rings. The zero-order chi connectivity index (χ0) is 8.34. The predicted octanol–water partition coefficient (Wildman–Crippen LogP) is -0.504. The summed E-state index contributed by atoms with van der Waals surface area (Å²) in [6.07, 6.45) is 0. The lowest BCUT2D eigenvalue weighted by atomic mass is 9.60. The van der Waals surface area contributed by atoms with Gasteiger partial charge in [0.25, 0.3) is 0 Å². The van der Waals surface area contributed by atoms with Gasteiger partial charge in [0.1, 0.15) is 0 Å². The molecule has 3 rings (SSSR count). The summed E-state index contributed by atoms with van der Waals surface area (Å²) in [6, 6.07) is 0. The molecule has 4 atom stereocenters. The highest BCUT2D eigenvalue weighted by molar-refractivity contribution is 7.91. The maximum absolute atomic E-state index is 11.3. The van der Waals surface area contributed by atoms with E-state index in [-0.39, 0.29) is 0 Å². The Morgan fingerprint density at radius 1 is 0.917 bits per heavy atom. The molecule has 0 radical (unpaired) electrons. The van der Waals surface area contributed by atoms with Gasteiger partial charge in [0, 0.05) is 0 Å². The van der Waals surface area contributed by atoms with Crippen molar-refractivity contribution in [1.82, 2.24) is 5.32 Å². The van der Waals surface area contributed by atoms with Crippen molar-refractivity contribution in [3.8, 4) is 0 Å². The maximum atomic E-state index is 11.3. The highest BCUT2D eigenvalue weighted by Crippen LogP contribution is 2.52. The molecule has 0 aromatic carbocycles. The van der Waals surface area contributed by atoms with Gasteiger partial charge in [-0.3, -0.25) is 0 Å². The van der Waals surface area contributed by atoms with Gasteiger partial charge in [-0.2, -0.15) is 0 Å². The minimum Gasteiger partial charge on any atom is -0.316 e. The topological polar surface area (TPSA) is 46.2 Å². The number of nitrogens with one attached hydrogen (secondary N) is 1. The molecular formula is C8H13NO2S. The van der Waals surface area contributed by atoms with Gasteiger partial charge in [0.15, 0.2) is 9.84 Å². The Labute approximate surface area is 72.5 Å². The Bertz CT molecular complexity index is 287. The number of hydrogen-bond donors (Lipinski definition) is 1. The van der Waals surface area contributed by atoms with Gasteiger partial charge in [-0.05, 0) is 36.8 Å². The van der Waals surface area contributed by atoms with E-state index < -0.39 is 9.84 Å². The molecule has 12 heavy (non-hydrogen) atoms. The summed E-state index contributed by atoms with van der Waals surface area (Å²) in [7, 11) is -2.65. The Hall–Kier alpha value is -0.0900. The molecule has 68 valence electrons. The second-order valence-electron chi connectivity index (χ2n) is 4.39. The molecule has 2 aliphatic heterocycles. The molecular weight excluding hydrogens is 174 g/mol. The number of rotatable bonds is 0. The minimum atomic E-state index is -2.65. The van der Waals surface area contributed by atoms with E-state index in [1.54, 1.807) is 0 Å². The van der Waals surface area contributed by atoms with Crippen LogP contribution in [0.5, 0.6) is 0 Å². The molecule has 0 aromatic heterocycles. The van der Waals surface area contributed by atoms with Crippen LogP contribution in [0.4, 0.5) is 0 Å². The normalized spacial score (nSPS) is 54.3. The number of hydrogen-bond acceptors (Lipinski definition) is 3. The van der Waals surface area contributed by atoms with Crippen LogP contribution in [0.3, 0.4) is 0 Å². The first-order valence-electron chi connectivity index (χ1n) is 4.58. The molecule has 1 saturated carbocycles. The molecule has 0 bridgehead atoms. The van der Waals surface area contributed by atoms with Crippen LogP contribution in [-0.4, -0.2) is 33.0 Å². The van der Waals surface area contributed by atoms with E-state index >= 15 is 0 Å². The SMILES string of the molecule is O=S1(=O)C[C@@H]2[C@H]3CNC[C@@H]3[C@@H]2C1. The molecule has 0 spiro atoms. The van der Waals surface area contributed by atoms with Gasteiger partial charge >= 0.3 is 0 Å². The lowest BCUT2D eigenvalue weighted by Crippen LogP contribution is -2.44. The average Bonchev–Trinajstić information content (AvgIpc) is 2.49. The van der Waals surface area contributed by atoms with Crippen LogP contribution >= 0.6 is 0 Å². The minimum absolute atomic E-state index is 0.473. The second kappa shape index (κ2) is 2.04. The van der Waals surface area contributed by atoms with Crippen molar-refractivity contribution in [3.63, 3.8) is 0 Å². The fourth-order valence-electron chi connectivity index (χ4n) is 3.30. The molecule has 4 heteroatoms. The number of fused-ring (bicyclic) bond motifs is 4. The van der Waals surface area contributed by atoms with Gasteiger partial charge in [0.05, 0.1) is 11.5 Å². The van der Waals surface area contributed by atoms with Gasteiger partial charge in [-0.25, -0.2) is 8.42 Å².